The van der Waals surface area contributed by atoms with Crippen molar-refractivity contribution in [3.63, 3.8) is 0 Å². The monoisotopic (exact) mass is 398 g/mol. The number of benzene rings is 1. The van der Waals surface area contributed by atoms with Crippen molar-refractivity contribution >= 4 is 5.96 Å². The minimum absolute atomic E-state index is 0.295. The van der Waals surface area contributed by atoms with Gasteiger partial charge in [0.25, 0.3) is 0 Å². The minimum Gasteiger partial charge on any atom is -0.376 e. The van der Waals surface area contributed by atoms with Crippen molar-refractivity contribution in [2.75, 3.05) is 0 Å². The van der Waals surface area contributed by atoms with Crippen molar-refractivity contribution in [2.45, 2.75) is 77.8 Å². The maximum absolute atomic E-state index is 5.98. The molecule has 1 heterocycles. The van der Waals surface area contributed by atoms with Crippen LogP contribution in [0.5, 0.6) is 0 Å². The SMILES string of the molecule is Cc1nnc(CNC(=NCc2ccccc2)NC2CCC(OC(C)C)CC2)n1C. The van der Waals surface area contributed by atoms with Crippen molar-refractivity contribution in [2.24, 2.45) is 12.0 Å². The van der Waals surface area contributed by atoms with Crippen molar-refractivity contribution < 1.29 is 4.74 Å². The summed E-state index contributed by atoms with van der Waals surface area (Å²) in [5, 5.41) is 15.4. The fourth-order valence-electron chi connectivity index (χ4n) is 3.60. The van der Waals surface area contributed by atoms with E-state index in [4.69, 9.17) is 9.73 Å². The Morgan fingerprint density at radius 1 is 1.17 bits per heavy atom. The van der Waals surface area contributed by atoms with Gasteiger partial charge in [0, 0.05) is 13.1 Å². The van der Waals surface area contributed by atoms with Crippen LogP contribution < -0.4 is 10.6 Å². The predicted molar refractivity (Wildman–Crippen MR) is 116 cm³/mol. The van der Waals surface area contributed by atoms with Gasteiger partial charge in [-0.2, -0.15) is 0 Å². The van der Waals surface area contributed by atoms with Crippen molar-refractivity contribution in [3.05, 3.63) is 47.5 Å². The van der Waals surface area contributed by atoms with Crippen LogP contribution in [-0.4, -0.2) is 39.0 Å². The molecule has 158 valence electrons. The number of hydrogen-bond donors (Lipinski definition) is 2. The van der Waals surface area contributed by atoms with Gasteiger partial charge in [0.15, 0.2) is 11.8 Å². The van der Waals surface area contributed by atoms with Crippen LogP contribution in [0, 0.1) is 6.92 Å². The highest BCUT2D eigenvalue weighted by Crippen LogP contribution is 2.22. The van der Waals surface area contributed by atoms with Gasteiger partial charge in [-0.05, 0) is 52.0 Å². The zero-order valence-electron chi connectivity index (χ0n) is 18.1. The number of rotatable bonds is 7. The number of ether oxygens (including phenoxy) is 1. The Hall–Kier alpha value is -2.41. The van der Waals surface area contributed by atoms with E-state index in [1.807, 2.05) is 36.7 Å². The molecule has 3 rings (SSSR count). The van der Waals surface area contributed by atoms with Crippen LogP contribution in [0.1, 0.15) is 56.7 Å². The number of aliphatic imine (C=N–C) groups is 1. The largest absolute Gasteiger partial charge is 0.376 e. The van der Waals surface area contributed by atoms with E-state index >= 15 is 0 Å². The second-order valence-electron chi connectivity index (χ2n) is 8.03. The number of nitrogens with zero attached hydrogens (tertiary/aromatic N) is 4. The van der Waals surface area contributed by atoms with Crippen molar-refractivity contribution in [1.29, 1.82) is 0 Å². The van der Waals surface area contributed by atoms with E-state index in [2.05, 4.69) is 46.8 Å². The highest BCUT2D eigenvalue weighted by atomic mass is 16.5. The van der Waals surface area contributed by atoms with Gasteiger partial charge in [-0.1, -0.05) is 30.3 Å². The van der Waals surface area contributed by atoms with Crippen LogP contribution in [0.3, 0.4) is 0 Å². The third-order valence-electron chi connectivity index (χ3n) is 5.34. The molecule has 0 amide bonds. The number of hydrogen-bond acceptors (Lipinski definition) is 4. The molecule has 1 aromatic heterocycles. The van der Waals surface area contributed by atoms with Gasteiger partial charge in [-0.3, -0.25) is 0 Å². The molecule has 0 bridgehead atoms. The highest BCUT2D eigenvalue weighted by molar-refractivity contribution is 5.80. The normalized spacial score (nSPS) is 20.1. The molecule has 0 aliphatic heterocycles. The summed E-state index contributed by atoms with van der Waals surface area (Å²) in [5.74, 6) is 2.62. The Kier molecular flexibility index (Phi) is 7.63. The number of aryl methyl sites for hydroxylation is 1. The first kappa shape index (κ1) is 21.3. The first-order valence-corrected chi connectivity index (χ1v) is 10.6. The second-order valence-corrected chi connectivity index (χ2v) is 8.03. The zero-order valence-corrected chi connectivity index (χ0v) is 18.1. The Labute approximate surface area is 174 Å². The summed E-state index contributed by atoms with van der Waals surface area (Å²) >= 11 is 0. The second kappa shape index (κ2) is 10.4. The lowest BCUT2D eigenvalue weighted by molar-refractivity contribution is -0.0152. The van der Waals surface area contributed by atoms with E-state index in [0.29, 0.717) is 31.3 Å². The summed E-state index contributed by atoms with van der Waals surface area (Å²) in [6.45, 7) is 7.40. The van der Waals surface area contributed by atoms with Gasteiger partial charge in [0.2, 0.25) is 0 Å². The van der Waals surface area contributed by atoms with Crippen LogP contribution in [0.2, 0.25) is 0 Å². The van der Waals surface area contributed by atoms with Crippen LogP contribution in [-0.2, 0) is 24.9 Å². The van der Waals surface area contributed by atoms with Crippen LogP contribution in [0.15, 0.2) is 35.3 Å². The molecule has 1 aromatic carbocycles. The molecule has 7 nitrogen and oxygen atoms in total. The van der Waals surface area contributed by atoms with E-state index in [1.54, 1.807) is 0 Å². The van der Waals surface area contributed by atoms with Gasteiger partial charge < -0.3 is 19.9 Å². The molecule has 0 radical (unpaired) electrons. The Bertz CT molecular complexity index is 778. The molecule has 0 saturated heterocycles. The molecule has 2 N–H and O–H groups in total. The Balaban J connectivity index is 1.60. The van der Waals surface area contributed by atoms with E-state index in [1.165, 1.54) is 5.56 Å². The number of aromatic nitrogens is 3. The van der Waals surface area contributed by atoms with Gasteiger partial charge in [0.1, 0.15) is 5.82 Å². The molecule has 7 heteroatoms. The van der Waals surface area contributed by atoms with Gasteiger partial charge in [0.05, 0.1) is 25.3 Å². The molecule has 2 aromatic rings. The molecule has 0 atom stereocenters. The number of guanidine groups is 1. The van der Waals surface area contributed by atoms with E-state index < -0.39 is 0 Å². The molecule has 1 saturated carbocycles. The zero-order chi connectivity index (χ0) is 20.6. The van der Waals surface area contributed by atoms with Gasteiger partial charge in [-0.25, -0.2) is 4.99 Å². The average Bonchev–Trinajstić information content (AvgIpc) is 3.04. The molecular formula is C22H34N6O. The lowest BCUT2D eigenvalue weighted by atomic mass is 9.93. The molecule has 29 heavy (non-hydrogen) atoms. The predicted octanol–water partition coefficient (Wildman–Crippen LogP) is 3.10. The maximum atomic E-state index is 5.98. The summed E-state index contributed by atoms with van der Waals surface area (Å²) in [5.41, 5.74) is 1.19. The van der Waals surface area contributed by atoms with E-state index in [0.717, 1.165) is 43.3 Å². The standard InChI is InChI=1S/C22H34N6O/c1-16(2)29-20-12-10-19(11-13-20)25-22(23-14-18-8-6-5-7-9-18)24-15-21-27-26-17(3)28(21)4/h5-9,16,19-20H,10-15H2,1-4H3,(H2,23,24,25). The lowest BCUT2D eigenvalue weighted by Gasteiger charge is -2.31. The van der Waals surface area contributed by atoms with E-state index in [-0.39, 0.29) is 0 Å². The quantitative estimate of drug-likeness (QED) is 0.554. The van der Waals surface area contributed by atoms with Crippen LogP contribution in [0.4, 0.5) is 0 Å². The molecule has 1 fully saturated rings. The minimum atomic E-state index is 0.295. The first-order chi connectivity index (χ1) is 14.0. The van der Waals surface area contributed by atoms with Gasteiger partial charge >= 0.3 is 0 Å². The smallest absolute Gasteiger partial charge is 0.192 e. The molecule has 0 spiro atoms. The van der Waals surface area contributed by atoms with E-state index in [9.17, 15) is 0 Å². The average molecular weight is 399 g/mol. The molecular weight excluding hydrogens is 364 g/mol. The summed E-state index contributed by atoms with van der Waals surface area (Å²) in [6.07, 6.45) is 5.03. The third kappa shape index (κ3) is 6.56. The van der Waals surface area contributed by atoms with Crippen molar-refractivity contribution in [1.82, 2.24) is 25.4 Å². The Morgan fingerprint density at radius 3 is 2.52 bits per heavy atom. The van der Waals surface area contributed by atoms with Crippen molar-refractivity contribution in [3.8, 4) is 0 Å². The summed E-state index contributed by atoms with van der Waals surface area (Å²) in [4.78, 5) is 4.81. The highest BCUT2D eigenvalue weighted by Gasteiger charge is 2.23. The summed E-state index contributed by atoms with van der Waals surface area (Å²) < 4.78 is 7.98. The third-order valence-corrected chi connectivity index (χ3v) is 5.34. The fourth-order valence-corrected chi connectivity index (χ4v) is 3.60. The number of nitrogens with one attached hydrogen (secondary N) is 2. The maximum Gasteiger partial charge on any atom is 0.192 e. The first-order valence-electron chi connectivity index (χ1n) is 10.6. The molecule has 1 aliphatic carbocycles. The van der Waals surface area contributed by atoms with Gasteiger partial charge in [-0.15, -0.1) is 10.2 Å². The fraction of sp³-hybridized carbons (Fsp3) is 0.591. The molecule has 0 unspecified atom stereocenters. The lowest BCUT2D eigenvalue weighted by Crippen LogP contribution is -2.45. The summed E-state index contributed by atoms with van der Waals surface area (Å²) in [6, 6.07) is 10.7. The topological polar surface area (TPSA) is 76.4 Å². The Morgan fingerprint density at radius 2 is 1.90 bits per heavy atom. The van der Waals surface area contributed by atoms with Crippen LogP contribution in [0.25, 0.3) is 0 Å². The van der Waals surface area contributed by atoms with Crippen LogP contribution >= 0.6 is 0 Å². The summed E-state index contributed by atoms with van der Waals surface area (Å²) in [7, 11) is 1.98. The molecule has 1 aliphatic rings.